The maximum atomic E-state index is 13.5. The highest BCUT2D eigenvalue weighted by Gasteiger charge is 2.38. The van der Waals surface area contributed by atoms with Crippen LogP contribution in [-0.4, -0.2) is 71.6 Å². The van der Waals surface area contributed by atoms with Gasteiger partial charge in [-0.25, -0.2) is 13.6 Å². The van der Waals surface area contributed by atoms with E-state index in [0.29, 0.717) is 13.1 Å². The molecule has 1 aliphatic heterocycles. The number of benzene rings is 2. The number of carbonyl (C=O) groups is 3. The summed E-state index contributed by atoms with van der Waals surface area (Å²) in [5.74, 6) is -4.13. The van der Waals surface area contributed by atoms with Crippen LogP contribution in [0.1, 0.15) is 22.3 Å². The van der Waals surface area contributed by atoms with Gasteiger partial charge in [0.25, 0.3) is 5.91 Å². The zero-order valence-electron chi connectivity index (χ0n) is 18.8. The number of alkyl halides is 3. The summed E-state index contributed by atoms with van der Waals surface area (Å²) in [5.41, 5.74) is 0.954. The number of piperazine rings is 1. The minimum atomic E-state index is -5.08. The smallest absolute Gasteiger partial charge is 0.475 e. The molecule has 3 rings (SSSR count). The molecule has 0 bridgehead atoms. The van der Waals surface area contributed by atoms with Crippen molar-refractivity contribution in [2.24, 2.45) is 0 Å². The fraction of sp³-hybridized carbons (Fsp3) is 0.348. The summed E-state index contributed by atoms with van der Waals surface area (Å²) in [7, 11) is 0. The van der Waals surface area contributed by atoms with E-state index in [9.17, 15) is 31.5 Å². The van der Waals surface area contributed by atoms with E-state index in [4.69, 9.17) is 21.5 Å². The molecule has 13 heteroatoms. The quantitative estimate of drug-likeness (QED) is 0.551. The van der Waals surface area contributed by atoms with E-state index in [1.807, 2.05) is 0 Å². The van der Waals surface area contributed by atoms with Crippen LogP contribution in [0.15, 0.2) is 42.5 Å². The molecule has 1 aliphatic rings. The van der Waals surface area contributed by atoms with Crippen molar-refractivity contribution in [3.63, 3.8) is 0 Å². The number of carboxylic acids is 1. The number of nitrogens with one attached hydrogen (secondary N) is 1. The molecule has 1 fully saturated rings. The minimum absolute atomic E-state index is 0.0273. The van der Waals surface area contributed by atoms with Crippen LogP contribution in [-0.2, 0) is 16.1 Å². The van der Waals surface area contributed by atoms with Crippen LogP contribution in [0, 0.1) is 11.6 Å². The SMILES string of the molecule is O=C(CCN(Cc1ccc(F)cc1)C(=O)c1ccc(F)c(Cl)c1)N1CCNCC1.O=C(O)C(F)(F)F. The third kappa shape index (κ3) is 9.08. The molecular formula is C23H23ClF5N3O4. The van der Waals surface area contributed by atoms with Gasteiger partial charge in [-0.3, -0.25) is 9.59 Å². The molecule has 2 N–H and O–H groups in total. The molecule has 0 atom stereocenters. The van der Waals surface area contributed by atoms with E-state index in [-0.39, 0.29) is 47.7 Å². The molecule has 1 saturated heterocycles. The van der Waals surface area contributed by atoms with Crippen molar-refractivity contribution in [3.05, 3.63) is 70.2 Å². The summed E-state index contributed by atoms with van der Waals surface area (Å²) in [6.45, 7) is 3.16. The van der Waals surface area contributed by atoms with E-state index >= 15 is 0 Å². The number of hydrogen-bond donors (Lipinski definition) is 2. The Hall–Kier alpha value is -3.25. The second kappa shape index (κ2) is 13.2. The summed E-state index contributed by atoms with van der Waals surface area (Å²) < 4.78 is 58.4. The molecule has 0 aliphatic carbocycles. The first kappa shape index (κ1) is 29.0. The van der Waals surface area contributed by atoms with Crippen molar-refractivity contribution in [2.45, 2.75) is 19.1 Å². The molecule has 2 aromatic carbocycles. The number of rotatable bonds is 6. The fourth-order valence-corrected chi connectivity index (χ4v) is 3.36. The normalized spacial score (nSPS) is 13.4. The summed E-state index contributed by atoms with van der Waals surface area (Å²) >= 11 is 5.82. The number of carboxylic acid groups (broad SMARTS) is 1. The highest BCUT2D eigenvalue weighted by atomic mass is 35.5. The Bertz CT molecular complexity index is 1060. The van der Waals surface area contributed by atoms with Gasteiger partial charge in [-0.2, -0.15) is 13.2 Å². The molecule has 0 aromatic heterocycles. The average molecular weight is 536 g/mol. The molecule has 0 radical (unpaired) electrons. The predicted molar refractivity (Wildman–Crippen MR) is 120 cm³/mol. The van der Waals surface area contributed by atoms with Gasteiger partial charge < -0.3 is 20.2 Å². The predicted octanol–water partition coefficient (Wildman–Crippen LogP) is 3.72. The lowest BCUT2D eigenvalue weighted by molar-refractivity contribution is -0.192. The highest BCUT2D eigenvalue weighted by molar-refractivity contribution is 6.31. The zero-order valence-corrected chi connectivity index (χ0v) is 19.6. The van der Waals surface area contributed by atoms with Gasteiger partial charge >= 0.3 is 12.1 Å². The fourth-order valence-electron chi connectivity index (χ4n) is 3.18. The largest absolute Gasteiger partial charge is 0.490 e. The van der Waals surface area contributed by atoms with Gasteiger partial charge in [-0.1, -0.05) is 23.7 Å². The van der Waals surface area contributed by atoms with Crippen LogP contribution in [0.25, 0.3) is 0 Å². The van der Waals surface area contributed by atoms with Crippen molar-refractivity contribution >= 4 is 29.4 Å². The Morgan fingerprint density at radius 3 is 2.14 bits per heavy atom. The minimum Gasteiger partial charge on any atom is -0.475 e. The first-order valence-corrected chi connectivity index (χ1v) is 11.0. The third-order valence-electron chi connectivity index (χ3n) is 5.05. The maximum absolute atomic E-state index is 13.5. The number of nitrogens with zero attached hydrogens (tertiary/aromatic N) is 2. The van der Waals surface area contributed by atoms with Gasteiger partial charge in [-0.15, -0.1) is 0 Å². The van der Waals surface area contributed by atoms with Gasteiger partial charge in [0.1, 0.15) is 11.6 Å². The van der Waals surface area contributed by atoms with Crippen LogP contribution >= 0.6 is 11.6 Å². The van der Waals surface area contributed by atoms with E-state index in [1.165, 1.54) is 29.2 Å². The molecule has 0 spiro atoms. The molecule has 2 amide bonds. The Morgan fingerprint density at radius 2 is 1.61 bits per heavy atom. The molecule has 2 aromatic rings. The van der Waals surface area contributed by atoms with Crippen LogP contribution < -0.4 is 5.32 Å². The average Bonchev–Trinajstić information content (AvgIpc) is 2.84. The zero-order chi connectivity index (χ0) is 26.9. The first-order chi connectivity index (χ1) is 16.9. The number of halogens is 6. The van der Waals surface area contributed by atoms with E-state index in [0.717, 1.165) is 24.7 Å². The second-order valence-electron chi connectivity index (χ2n) is 7.67. The van der Waals surface area contributed by atoms with Crippen molar-refractivity contribution in [1.29, 1.82) is 0 Å². The van der Waals surface area contributed by atoms with Crippen LogP contribution in [0.5, 0.6) is 0 Å². The van der Waals surface area contributed by atoms with E-state index in [2.05, 4.69) is 5.32 Å². The molecule has 196 valence electrons. The molecular weight excluding hydrogens is 513 g/mol. The van der Waals surface area contributed by atoms with Gasteiger partial charge in [0.2, 0.25) is 5.91 Å². The highest BCUT2D eigenvalue weighted by Crippen LogP contribution is 2.19. The number of aliphatic carboxylic acids is 1. The summed E-state index contributed by atoms with van der Waals surface area (Å²) in [4.78, 5) is 37.7. The van der Waals surface area contributed by atoms with E-state index in [1.54, 1.807) is 17.0 Å². The Balaban J connectivity index is 0.000000572. The summed E-state index contributed by atoms with van der Waals surface area (Å²) in [5, 5.41) is 10.2. The Labute approximate surface area is 208 Å². The third-order valence-corrected chi connectivity index (χ3v) is 5.34. The monoisotopic (exact) mass is 535 g/mol. The van der Waals surface area contributed by atoms with Crippen LogP contribution in [0.3, 0.4) is 0 Å². The lowest BCUT2D eigenvalue weighted by Gasteiger charge is -2.29. The van der Waals surface area contributed by atoms with Crippen LogP contribution in [0.4, 0.5) is 22.0 Å². The van der Waals surface area contributed by atoms with Gasteiger partial charge in [0.05, 0.1) is 5.02 Å². The van der Waals surface area contributed by atoms with Crippen molar-refractivity contribution in [1.82, 2.24) is 15.1 Å². The van der Waals surface area contributed by atoms with Crippen molar-refractivity contribution < 1.29 is 41.4 Å². The molecule has 0 saturated carbocycles. The Morgan fingerprint density at radius 1 is 1.03 bits per heavy atom. The topological polar surface area (TPSA) is 90.0 Å². The lowest BCUT2D eigenvalue weighted by Crippen LogP contribution is -2.47. The molecule has 0 unspecified atom stereocenters. The van der Waals surface area contributed by atoms with Crippen LogP contribution in [0.2, 0.25) is 5.02 Å². The van der Waals surface area contributed by atoms with Gasteiger partial charge in [-0.05, 0) is 35.9 Å². The van der Waals surface area contributed by atoms with Gasteiger partial charge in [0, 0.05) is 51.3 Å². The molecule has 7 nitrogen and oxygen atoms in total. The molecule has 1 heterocycles. The summed E-state index contributed by atoms with van der Waals surface area (Å²) in [6, 6.07) is 9.58. The van der Waals surface area contributed by atoms with Gasteiger partial charge in [0.15, 0.2) is 0 Å². The maximum Gasteiger partial charge on any atom is 0.490 e. The van der Waals surface area contributed by atoms with Crippen molar-refractivity contribution in [3.8, 4) is 0 Å². The number of amides is 2. The Kier molecular flexibility index (Phi) is 10.6. The lowest BCUT2D eigenvalue weighted by atomic mass is 10.1. The van der Waals surface area contributed by atoms with E-state index < -0.39 is 18.0 Å². The first-order valence-electron chi connectivity index (χ1n) is 10.7. The molecule has 36 heavy (non-hydrogen) atoms. The number of hydrogen-bond acceptors (Lipinski definition) is 4. The standard InChI is InChI=1S/C21H22ClF2N3O2.C2HF3O2/c22-18-13-16(3-6-19(18)24)21(29)27(14-15-1-4-17(23)5-2-15)10-7-20(28)26-11-8-25-9-12-26;3-2(4,5)1(6)7/h1-6,13,25H,7-12,14H2;(H,6,7). The van der Waals surface area contributed by atoms with Crippen molar-refractivity contribution in [2.75, 3.05) is 32.7 Å². The summed E-state index contributed by atoms with van der Waals surface area (Å²) in [6.07, 6.45) is -4.91. The number of carbonyl (C=O) groups excluding carboxylic acids is 2. The second-order valence-corrected chi connectivity index (χ2v) is 8.07.